The van der Waals surface area contributed by atoms with Gasteiger partial charge >= 0.3 is 5.97 Å². The van der Waals surface area contributed by atoms with E-state index in [4.69, 9.17) is 9.84 Å². The number of aliphatic hydroxyl groups excluding tert-OH is 1. The van der Waals surface area contributed by atoms with Crippen LogP contribution >= 0.6 is 0 Å². The largest absolute Gasteiger partial charge is 0.462 e. The minimum Gasteiger partial charge on any atom is -0.462 e. The maximum Gasteiger partial charge on any atom is 0.338 e. The predicted molar refractivity (Wildman–Crippen MR) is 114 cm³/mol. The van der Waals surface area contributed by atoms with E-state index < -0.39 is 0 Å². The van der Waals surface area contributed by atoms with Gasteiger partial charge in [0.05, 0.1) is 12.2 Å². The first-order valence-corrected chi connectivity index (χ1v) is 11.1. The van der Waals surface area contributed by atoms with Crippen molar-refractivity contribution in [3.8, 4) is 0 Å². The molecular formula is C25H36O4. The molecule has 3 unspecified atom stereocenters. The fourth-order valence-corrected chi connectivity index (χ4v) is 5.92. The van der Waals surface area contributed by atoms with Crippen LogP contribution in [0.2, 0.25) is 0 Å². The lowest BCUT2D eigenvalue weighted by Gasteiger charge is -2.54. The van der Waals surface area contributed by atoms with Crippen molar-refractivity contribution >= 4 is 11.8 Å². The van der Waals surface area contributed by atoms with Crippen LogP contribution < -0.4 is 0 Å². The highest BCUT2D eigenvalue weighted by atomic mass is 16.5. The maximum absolute atomic E-state index is 12.9. The zero-order chi connectivity index (χ0) is 21.4. The third kappa shape index (κ3) is 3.76. The number of hydrogen-bond acceptors (Lipinski definition) is 4. The number of ether oxygens (including phenoxy) is 1. The van der Waals surface area contributed by atoms with Crippen molar-refractivity contribution in [3.05, 3.63) is 34.4 Å². The number of Topliss-reactive ketones (excluding diaryl/α,β-unsaturated/α-hetero) is 1. The summed E-state index contributed by atoms with van der Waals surface area (Å²) in [6.07, 6.45) is 5.47. The number of benzene rings is 1. The van der Waals surface area contributed by atoms with Gasteiger partial charge in [0.15, 0.2) is 0 Å². The van der Waals surface area contributed by atoms with Crippen LogP contribution in [0.1, 0.15) is 99.7 Å². The molecule has 1 N–H and O–H groups in total. The van der Waals surface area contributed by atoms with Gasteiger partial charge in [0.2, 0.25) is 0 Å². The predicted octanol–water partition coefficient (Wildman–Crippen LogP) is 4.95. The molecule has 4 nitrogen and oxygen atoms in total. The molecule has 160 valence electrons. The summed E-state index contributed by atoms with van der Waals surface area (Å²) in [4.78, 5) is 25.5. The Hall–Kier alpha value is -1.68. The molecule has 3 atom stereocenters. The average molecular weight is 401 g/mol. The molecule has 2 aliphatic rings. The number of aliphatic hydroxyl groups is 1. The second-order valence-electron chi connectivity index (χ2n) is 9.80. The minimum absolute atomic E-state index is 0.0118. The first-order chi connectivity index (χ1) is 13.6. The van der Waals surface area contributed by atoms with Gasteiger partial charge in [-0.25, -0.2) is 4.79 Å². The SMILES string of the molecule is CC(=O)C1(C)CCCC2(C)c3cc(C(=O)OCCCO)c(C(C)C)cc3CCC12. The molecule has 0 amide bonds. The van der Waals surface area contributed by atoms with Crippen LogP contribution in [0.25, 0.3) is 0 Å². The second-order valence-corrected chi connectivity index (χ2v) is 9.80. The number of ketones is 1. The Kier molecular flexibility index (Phi) is 6.24. The summed E-state index contributed by atoms with van der Waals surface area (Å²) in [5, 5.41) is 8.99. The van der Waals surface area contributed by atoms with Crippen LogP contribution in [0.15, 0.2) is 12.1 Å². The molecule has 0 radical (unpaired) electrons. The molecule has 0 aromatic heterocycles. The van der Waals surface area contributed by atoms with Crippen molar-refractivity contribution < 1.29 is 19.4 Å². The van der Waals surface area contributed by atoms with Crippen LogP contribution in [-0.2, 0) is 21.4 Å². The van der Waals surface area contributed by atoms with E-state index in [0.29, 0.717) is 23.7 Å². The van der Waals surface area contributed by atoms with Crippen molar-refractivity contribution in [3.63, 3.8) is 0 Å². The van der Waals surface area contributed by atoms with E-state index in [9.17, 15) is 9.59 Å². The van der Waals surface area contributed by atoms with Crippen LogP contribution in [0.4, 0.5) is 0 Å². The summed E-state index contributed by atoms with van der Waals surface area (Å²) in [5.41, 5.74) is 3.86. The molecule has 1 aromatic rings. The number of rotatable bonds is 6. The lowest BCUT2D eigenvalue weighted by atomic mass is 9.49. The molecule has 4 heteroatoms. The standard InChI is InChI=1S/C25H36O4/c1-16(2)19-14-18-8-9-22-24(4,17(3)27)10-6-11-25(22,5)21(18)15-20(19)23(28)29-13-7-12-26/h14-16,22,26H,6-13H2,1-5H3. The van der Waals surface area contributed by atoms with Crippen molar-refractivity contribution in [1.82, 2.24) is 0 Å². The highest BCUT2D eigenvalue weighted by molar-refractivity contribution is 5.92. The quantitative estimate of drug-likeness (QED) is 0.542. The Morgan fingerprint density at radius 1 is 1.24 bits per heavy atom. The molecule has 0 spiro atoms. The van der Waals surface area contributed by atoms with Crippen LogP contribution in [-0.4, -0.2) is 30.1 Å². The van der Waals surface area contributed by atoms with E-state index in [-0.39, 0.29) is 35.9 Å². The van der Waals surface area contributed by atoms with Gasteiger partial charge in [-0.2, -0.15) is 0 Å². The molecule has 1 saturated carbocycles. The second kappa shape index (κ2) is 8.22. The van der Waals surface area contributed by atoms with Crippen LogP contribution in [0.5, 0.6) is 0 Å². The molecule has 0 aliphatic heterocycles. The monoisotopic (exact) mass is 400 g/mol. The smallest absolute Gasteiger partial charge is 0.338 e. The van der Waals surface area contributed by atoms with Crippen molar-refractivity contribution in [2.45, 2.75) is 84.5 Å². The lowest BCUT2D eigenvalue weighted by molar-refractivity contribution is -0.134. The van der Waals surface area contributed by atoms with Crippen molar-refractivity contribution in [2.75, 3.05) is 13.2 Å². The Labute approximate surface area is 175 Å². The lowest BCUT2D eigenvalue weighted by Crippen LogP contribution is -2.51. The third-order valence-electron chi connectivity index (χ3n) is 7.71. The number of carbonyl (C=O) groups is 2. The van der Waals surface area contributed by atoms with Crippen molar-refractivity contribution in [1.29, 1.82) is 0 Å². The van der Waals surface area contributed by atoms with Gasteiger partial charge < -0.3 is 9.84 Å². The topological polar surface area (TPSA) is 63.6 Å². The summed E-state index contributed by atoms with van der Waals surface area (Å²) in [7, 11) is 0. The number of hydrogen-bond donors (Lipinski definition) is 1. The highest BCUT2D eigenvalue weighted by Gasteiger charge is 2.53. The molecule has 29 heavy (non-hydrogen) atoms. The van der Waals surface area contributed by atoms with Gasteiger partial charge in [0.1, 0.15) is 5.78 Å². The molecule has 0 heterocycles. The Balaban J connectivity index is 2.07. The maximum atomic E-state index is 12.9. The average Bonchev–Trinajstić information content (AvgIpc) is 2.66. The van der Waals surface area contributed by atoms with Gasteiger partial charge in [-0.05, 0) is 72.6 Å². The van der Waals surface area contributed by atoms with E-state index in [1.54, 1.807) is 6.92 Å². The summed E-state index contributed by atoms with van der Waals surface area (Å²) >= 11 is 0. The van der Waals surface area contributed by atoms with E-state index in [1.807, 2.05) is 0 Å². The fraction of sp³-hybridized carbons (Fsp3) is 0.680. The first kappa shape index (κ1) is 22.0. The first-order valence-electron chi connectivity index (χ1n) is 11.1. The zero-order valence-corrected chi connectivity index (χ0v) is 18.6. The molecule has 2 aliphatic carbocycles. The molecule has 3 rings (SSSR count). The normalized spacial score (nSPS) is 28.6. The molecular weight excluding hydrogens is 364 g/mol. The summed E-state index contributed by atoms with van der Waals surface area (Å²) in [6.45, 7) is 10.6. The van der Waals surface area contributed by atoms with E-state index in [1.165, 1.54) is 11.1 Å². The number of carbonyl (C=O) groups excluding carboxylic acids is 2. The highest BCUT2D eigenvalue weighted by Crippen LogP contribution is 2.57. The summed E-state index contributed by atoms with van der Waals surface area (Å²) in [5.74, 6) is 0.511. The fourth-order valence-electron chi connectivity index (χ4n) is 5.92. The Bertz CT molecular complexity index is 796. The number of fused-ring (bicyclic) bond motifs is 3. The summed E-state index contributed by atoms with van der Waals surface area (Å²) < 4.78 is 5.45. The van der Waals surface area contributed by atoms with Gasteiger partial charge in [-0.15, -0.1) is 0 Å². The Morgan fingerprint density at radius 3 is 2.59 bits per heavy atom. The van der Waals surface area contributed by atoms with E-state index in [0.717, 1.165) is 37.7 Å². The van der Waals surface area contributed by atoms with Crippen molar-refractivity contribution in [2.24, 2.45) is 11.3 Å². The molecule has 0 bridgehead atoms. The van der Waals surface area contributed by atoms with Crippen LogP contribution in [0, 0.1) is 11.3 Å². The van der Waals surface area contributed by atoms with Gasteiger partial charge in [0, 0.05) is 18.4 Å². The number of esters is 1. The van der Waals surface area contributed by atoms with Gasteiger partial charge in [0.25, 0.3) is 0 Å². The minimum atomic E-state index is -0.305. The molecule has 1 aromatic carbocycles. The van der Waals surface area contributed by atoms with Gasteiger partial charge in [-0.1, -0.05) is 40.2 Å². The van der Waals surface area contributed by atoms with Crippen LogP contribution in [0.3, 0.4) is 0 Å². The third-order valence-corrected chi connectivity index (χ3v) is 7.71. The Morgan fingerprint density at radius 2 is 1.97 bits per heavy atom. The summed E-state index contributed by atoms with van der Waals surface area (Å²) in [6, 6.07) is 4.29. The molecule has 1 fully saturated rings. The number of aryl methyl sites for hydroxylation is 1. The van der Waals surface area contributed by atoms with E-state index in [2.05, 4.69) is 39.8 Å². The zero-order valence-electron chi connectivity index (χ0n) is 18.6. The molecule has 0 saturated heterocycles. The van der Waals surface area contributed by atoms with E-state index >= 15 is 0 Å². The van der Waals surface area contributed by atoms with Gasteiger partial charge in [-0.3, -0.25) is 4.79 Å².